The molecule has 0 radical (unpaired) electrons. The highest BCUT2D eigenvalue weighted by molar-refractivity contribution is 7.18. The second kappa shape index (κ2) is 35.6. The molecule has 1 aromatic heterocycles. The molecule has 4 aromatic carbocycles. The summed E-state index contributed by atoms with van der Waals surface area (Å²) in [4.78, 5) is 125. The van der Waals surface area contributed by atoms with Crippen LogP contribution in [0.25, 0.3) is 10.2 Å². The number of likely N-dealkylation sites (N-methyl/N-ethyl adjacent to an activating group) is 5. The highest BCUT2D eigenvalue weighted by Crippen LogP contribution is 2.40. The summed E-state index contributed by atoms with van der Waals surface area (Å²) < 4.78 is 27.0. The molecule has 5 spiro atoms. The lowest BCUT2D eigenvalue weighted by Gasteiger charge is -2.42. The fraction of sp³-hybridized carbons (Fsp3) is 0.598. The van der Waals surface area contributed by atoms with Gasteiger partial charge in [-0.05, 0) is 179 Å². The molecule has 0 aliphatic carbocycles. The van der Waals surface area contributed by atoms with E-state index in [1.165, 1.54) is 50.0 Å². The Morgan fingerprint density at radius 3 is 1.39 bits per heavy atom. The number of Topliss-reactive ketones (excluding diaryl/α,β-unsaturated/α-hetero) is 5. The number of para-hydroxylation sites is 1. The normalized spacial score (nSPS) is 22.5. The number of hydrogen-bond acceptors (Lipinski definition) is 19. The lowest BCUT2D eigenvalue weighted by molar-refractivity contribution is -0.141. The van der Waals surface area contributed by atoms with Crippen LogP contribution in [0.3, 0.4) is 0 Å². The van der Waals surface area contributed by atoms with E-state index < -0.39 is 5.54 Å². The van der Waals surface area contributed by atoms with Crippen LogP contribution < -0.4 is 0 Å². The van der Waals surface area contributed by atoms with Gasteiger partial charge in [-0.1, -0.05) is 61.5 Å². The number of piperidine rings is 5. The number of fused-ring (bicyclic) bond motifs is 1. The first-order chi connectivity index (χ1) is 50.3. The van der Waals surface area contributed by atoms with Crippen molar-refractivity contribution >= 4 is 68.2 Å². The number of benzene rings is 4. The third kappa shape index (κ3) is 18.2. The van der Waals surface area contributed by atoms with E-state index >= 15 is 0 Å². The second-order valence-electron chi connectivity index (χ2n) is 31.0. The number of hydrogen-bond donors (Lipinski definition) is 1. The molecule has 0 atom stereocenters. The minimum Gasteiger partial charge on any atom is -0.376 e. The third-order valence-electron chi connectivity index (χ3n) is 25.2. The molecule has 10 saturated heterocycles. The largest absolute Gasteiger partial charge is 0.376 e. The number of nitrogens with zero attached hydrogens (tertiary/aromatic N) is 12. The maximum atomic E-state index is 12.9. The van der Waals surface area contributed by atoms with Crippen LogP contribution in [0.1, 0.15) is 149 Å². The average molecular weight is 1480 g/mol. The van der Waals surface area contributed by atoms with Crippen LogP contribution in [0.15, 0.2) is 97.1 Å². The number of aromatic nitrogens is 1. The van der Waals surface area contributed by atoms with Gasteiger partial charge in [0.2, 0.25) is 17.7 Å². The topological polar surface area (TPSA) is 205 Å². The molecule has 21 nitrogen and oxygen atoms in total. The number of thiazole rings is 1. The van der Waals surface area contributed by atoms with E-state index in [0.29, 0.717) is 93.6 Å². The standard InChI is InChI=1S/C19H25FN2O2.C17H21FN2O2.C17H21N3OS.C17H24N2O.C11H19N3O3.CH4/c1-21-12-8-18(24)19(21)9-13-22(14-10-19)11-2-3-17(23)15-4-6-16(20)7-5-15;1-19-9-6-15(21)17(19)7-10-20(11-8-17)16(22)12-13-2-4-14(18)5-3-13;1-19-9-6-15(21)17(19)7-10-20(11-8-17)12-16-18-13-4-2-3-5-14(13)22-16;1-14-4-3-5-15(12-14)13-19-10-7-17(8-11-19)16(20)6-9-18(17)2;1-9(16)13-5-3-11(4-6-13)10(17)14(8-15)7-12(11)2;/h4-7H,2-3,8-14H2,1H3;2*2-5H,6-12H2,1H3;3-5,12H,6-11,13H2,1-2H3;15H,3-8H2,1-2H3;1H4. The number of carbonyl (C=O) groups is 8. The van der Waals surface area contributed by atoms with E-state index in [0.717, 1.165) is 167 Å². The summed E-state index contributed by atoms with van der Waals surface area (Å²) in [5.74, 6) is 1.20. The molecule has 24 heteroatoms. The smallest absolute Gasteiger partial charge is 0.246 e. The molecule has 0 bridgehead atoms. The predicted molar refractivity (Wildman–Crippen MR) is 409 cm³/mol. The van der Waals surface area contributed by atoms with Gasteiger partial charge in [-0.3, -0.25) is 72.7 Å². The Hall–Kier alpha value is -6.97. The van der Waals surface area contributed by atoms with Crippen molar-refractivity contribution in [3.8, 4) is 0 Å². The maximum absolute atomic E-state index is 12.9. The van der Waals surface area contributed by atoms with Crippen molar-refractivity contribution in [2.75, 3.05) is 147 Å². The van der Waals surface area contributed by atoms with E-state index in [1.54, 1.807) is 47.4 Å². The van der Waals surface area contributed by atoms with Gasteiger partial charge in [0.25, 0.3) is 0 Å². The van der Waals surface area contributed by atoms with Gasteiger partial charge in [0.1, 0.15) is 28.9 Å². The molecule has 5 aromatic rings. The van der Waals surface area contributed by atoms with Crippen LogP contribution >= 0.6 is 11.3 Å². The Balaban J connectivity index is 0.000000142. The van der Waals surface area contributed by atoms with Crippen molar-refractivity contribution in [3.05, 3.63) is 136 Å². The number of aryl methyl sites for hydroxylation is 1. The fourth-order valence-electron chi connectivity index (χ4n) is 18.0. The number of rotatable bonds is 12. The number of likely N-dealkylation sites (tertiary alicyclic amines) is 9. The maximum Gasteiger partial charge on any atom is 0.246 e. The van der Waals surface area contributed by atoms with Crippen molar-refractivity contribution in [1.82, 2.24) is 58.9 Å². The van der Waals surface area contributed by atoms with E-state index in [2.05, 4.69) is 105 Å². The Bertz CT molecular complexity index is 3840. The molecule has 15 rings (SSSR count). The summed E-state index contributed by atoms with van der Waals surface area (Å²) in [5.41, 5.74) is 3.83. The van der Waals surface area contributed by atoms with Crippen LogP contribution in [0, 0.1) is 18.6 Å². The van der Waals surface area contributed by atoms with Gasteiger partial charge in [0, 0.05) is 143 Å². The zero-order valence-corrected chi connectivity index (χ0v) is 63.8. The second-order valence-corrected chi connectivity index (χ2v) is 32.2. The van der Waals surface area contributed by atoms with Crippen molar-refractivity contribution in [2.24, 2.45) is 0 Å². The molecule has 0 saturated carbocycles. The fourth-order valence-corrected chi connectivity index (χ4v) is 19.0. The van der Waals surface area contributed by atoms with E-state index in [1.807, 2.05) is 30.0 Å². The van der Waals surface area contributed by atoms with Gasteiger partial charge in [0.15, 0.2) is 28.9 Å². The van der Waals surface area contributed by atoms with Crippen LogP contribution in [-0.2, 0) is 53.1 Å². The first-order valence-corrected chi connectivity index (χ1v) is 38.9. The summed E-state index contributed by atoms with van der Waals surface area (Å²) in [6.07, 6.45) is 12.8. The van der Waals surface area contributed by atoms with Crippen molar-refractivity contribution in [3.63, 3.8) is 0 Å². The van der Waals surface area contributed by atoms with E-state index in [-0.39, 0.29) is 77.9 Å². The molecular weight excluding hydrogens is 1370 g/mol. The van der Waals surface area contributed by atoms with Gasteiger partial charge < -0.3 is 24.7 Å². The van der Waals surface area contributed by atoms with Crippen molar-refractivity contribution < 1.29 is 52.2 Å². The molecule has 10 fully saturated rings. The number of ketones is 5. The lowest BCUT2D eigenvalue weighted by atomic mass is 9.84. The summed E-state index contributed by atoms with van der Waals surface area (Å²) in [5, 5.41) is 10.3. The van der Waals surface area contributed by atoms with Gasteiger partial charge in [-0.15, -0.1) is 11.3 Å². The van der Waals surface area contributed by atoms with Gasteiger partial charge in [-0.2, -0.15) is 0 Å². The number of aliphatic hydroxyl groups excluding tert-OH is 1. The SMILES string of the molecule is C.CC(=O)N1CCC2(CC1)C(=O)N(CO)CN2C.CN1CCC(=O)C12CCN(C(=O)Cc1ccc(F)cc1)CC2.CN1CCC(=O)C12CCN(CCCC(=O)c1ccc(F)cc1)CC2.CN1CCC(=O)C12CCN(Cc1nc3ccccc3s1)CC2.Cc1cccc(CN2CCC3(CC2)C(=O)CCN3C)c1. The molecule has 10 aliphatic heterocycles. The number of amides is 3. The molecule has 3 amide bonds. The lowest BCUT2D eigenvalue weighted by Crippen LogP contribution is -2.55. The Morgan fingerprint density at radius 1 is 0.500 bits per heavy atom. The Labute approximate surface area is 630 Å². The zero-order valence-electron chi connectivity index (χ0n) is 62.9. The van der Waals surface area contributed by atoms with Crippen LogP contribution in [0.2, 0.25) is 0 Å². The number of halogens is 2. The predicted octanol–water partition coefficient (Wildman–Crippen LogP) is 8.62. The van der Waals surface area contributed by atoms with Gasteiger partial charge in [-0.25, -0.2) is 13.8 Å². The van der Waals surface area contributed by atoms with Crippen LogP contribution in [0.4, 0.5) is 8.78 Å². The van der Waals surface area contributed by atoms with E-state index in [9.17, 15) is 47.1 Å². The number of carbonyl (C=O) groups excluding carboxylic acids is 8. The number of aliphatic hydroxyl groups is 1. The molecular formula is C82H114F2N12O9S. The summed E-state index contributed by atoms with van der Waals surface area (Å²) in [6.45, 7) is 18.6. The molecule has 1 N–H and O–H groups in total. The molecule has 576 valence electrons. The third-order valence-corrected chi connectivity index (χ3v) is 26.2. The summed E-state index contributed by atoms with van der Waals surface area (Å²) in [6, 6.07) is 28.8. The van der Waals surface area contributed by atoms with Crippen molar-refractivity contribution in [2.45, 2.75) is 171 Å². The monoisotopic (exact) mass is 1480 g/mol. The first-order valence-electron chi connectivity index (χ1n) is 38.0. The van der Waals surface area contributed by atoms with Crippen LogP contribution in [-0.4, -0.2) is 285 Å². The zero-order chi connectivity index (χ0) is 74.8. The Morgan fingerprint density at radius 2 is 0.943 bits per heavy atom. The minimum absolute atomic E-state index is 0. The first kappa shape index (κ1) is 81.5. The average Bonchev–Trinajstić information content (AvgIpc) is 1.64. The van der Waals surface area contributed by atoms with Gasteiger partial charge >= 0.3 is 0 Å². The summed E-state index contributed by atoms with van der Waals surface area (Å²) in [7, 11) is 10.2. The van der Waals surface area contributed by atoms with Crippen LogP contribution in [0.5, 0.6) is 0 Å². The minimum atomic E-state index is -0.505. The van der Waals surface area contributed by atoms with Gasteiger partial charge in [0.05, 0.1) is 52.0 Å². The highest BCUT2D eigenvalue weighted by Gasteiger charge is 2.54. The summed E-state index contributed by atoms with van der Waals surface area (Å²) >= 11 is 1.79. The highest BCUT2D eigenvalue weighted by atomic mass is 32.1. The quantitative estimate of drug-likeness (QED) is 0.116. The molecule has 10 aliphatic rings. The van der Waals surface area contributed by atoms with E-state index in [4.69, 9.17) is 10.1 Å². The Kier molecular flexibility index (Phi) is 27.4. The molecule has 0 unspecified atom stereocenters. The molecule has 106 heavy (non-hydrogen) atoms. The molecule has 11 heterocycles. The van der Waals surface area contributed by atoms with Crippen molar-refractivity contribution in [1.29, 1.82) is 0 Å².